The van der Waals surface area contributed by atoms with E-state index >= 15 is 0 Å². The van der Waals surface area contributed by atoms with Gasteiger partial charge in [-0.05, 0) is 43.5 Å². The number of halogens is 3. The largest absolute Gasteiger partial charge is 0.416 e. The van der Waals surface area contributed by atoms with Gasteiger partial charge in [0, 0.05) is 37.2 Å². The van der Waals surface area contributed by atoms with E-state index < -0.39 is 11.7 Å². The second-order valence-electron chi connectivity index (χ2n) is 8.05. The number of rotatable bonds is 8. The molecule has 0 unspecified atom stereocenters. The summed E-state index contributed by atoms with van der Waals surface area (Å²) >= 11 is 0. The van der Waals surface area contributed by atoms with Crippen LogP contribution in [0, 0.1) is 0 Å². The van der Waals surface area contributed by atoms with E-state index in [9.17, 15) is 22.8 Å². The Morgan fingerprint density at radius 2 is 1.95 bits per heavy atom. The number of fused-ring (bicyclic) bond motifs is 1. The molecule has 2 amide bonds. The first-order valence-electron chi connectivity index (χ1n) is 12.5. The molecule has 4 rings (SSSR count). The first-order chi connectivity index (χ1) is 19.2. The average Bonchev–Trinajstić information content (AvgIpc) is 3.67. The zero-order valence-electron chi connectivity index (χ0n) is 22.7. The summed E-state index contributed by atoms with van der Waals surface area (Å²) in [6.07, 6.45) is 11.1. The van der Waals surface area contributed by atoms with Crippen LogP contribution < -0.4 is 21.7 Å². The standard InChI is InChI=1S/C18H20N6O2.C7H7F3N2.C2H6/c1-2-4-12(5-3-8-20-11-25)15-14(18(26)23-13-6-7-13)9-24-16(15)17(19)21-10-22-24;1-11-6-4-5(2-3-12-6)7(8,9)10;1-2/h2-5,8-11,13H,6-7H2,1H3,(H,20,25)(H,23,26)(H2,19,21,22);2-4H,1H3,(H,11,12);1-2H3/b4-2-,8-3+,12-5+;;. The smallest absolute Gasteiger partial charge is 0.382 e. The Morgan fingerprint density at radius 3 is 2.55 bits per heavy atom. The molecular weight excluding hydrogens is 525 g/mol. The van der Waals surface area contributed by atoms with E-state index in [0.717, 1.165) is 36.7 Å². The van der Waals surface area contributed by atoms with Crippen molar-refractivity contribution in [1.29, 1.82) is 0 Å². The molecule has 1 saturated carbocycles. The molecule has 214 valence electrons. The highest BCUT2D eigenvalue weighted by atomic mass is 19.4. The monoisotopic (exact) mass is 558 g/mol. The third-order valence-electron chi connectivity index (χ3n) is 5.27. The minimum atomic E-state index is -4.30. The molecule has 3 heterocycles. The number of nitrogen functional groups attached to an aromatic ring is 1. The predicted octanol–water partition coefficient (Wildman–Crippen LogP) is 4.59. The summed E-state index contributed by atoms with van der Waals surface area (Å²) in [4.78, 5) is 30.8. The predicted molar refractivity (Wildman–Crippen MR) is 149 cm³/mol. The summed E-state index contributed by atoms with van der Waals surface area (Å²) < 4.78 is 37.7. The van der Waals surface area contributed by atoms with Crippen molar-refractivity contribution in [3.8, 4) is 0 Å². The van der Waals surface area contributed by atoms with E-state index in [0.29, 0.717) is 23.1 Å². The normalized spacial score (nSPS) is 13.3. The van der Waals surface area contributed by atoms with E-state index in [1.165, 1.54) is 19.6 Å². The van der Waals surface area contributed by atoms with Gasteiger partial charge in [0.05, 0.1) is 11.1 Å². The van der Waals surface area contributed by atoms with Crippen LogP contribution in [0.3, 0.4) is 0 Å². The maximum absolute atomic E-state index is 12.7. The molecule has 1 aliphatic carbocycles. The molecule has 0 bridgehead atoms. The van der Waals surface area contributed by atoms with Crippen LogP contribution in [0.15, 0.2) is 61.4 Å². The van der Waals surface area contributed by atoms with E-state index in [1.54, 1.807) is 22.9 Å². The summed E-state index contributed by atoms with van der Waals surface area (Å²) in [7, 11) is 1.52. The van der Waals surface area contributed by atoms with Crippen molar-refractivity contribution in [2.24, 2.45) is 0 Å². The Labute approximate surface area is 230 Å². The maximum Gasteiger partial charge on any atom is 0.416 e. The number of anilines is 2. The lowest BCUT2D eigenvalue weighted by molar-refractivity contribution is -0.137. The van der Waals surface area contributed by atoms with Crippen LogP contribution in [0.1, 0.15) is 55.1 Å². The lowest BCUT2D eigenvalue weighted by atomic mass is 10.0. The molecule has 13 heteroatoms. The number of nitrogens with two attached hydrogens (primary N) is 1. The number of aromatic nitrogens is 4. The molecule has 10 nitrogen and oxygen atoms in total. The Balaban J connectivity index is 0.000000336. The van der Waals surface area contributed by atoms with Crippen molar-refractivity contribution in [2.45, 2.75) is 45.8 Å². The van der Waals surface area contributed by atoms with E-state index in [-0.39, 0.29) is 23.6 Å². The van der Waals surface area contributed by atoms with Gasteiger partial charge in [0.1, 0.15) is 17.7 Å². The van der Waals surface area contributed by atoms with Crippen LogP contribution in [-0.4, -0.2) is 45.0 Å². The number of nitrogens with one attached hydrogen (secondary N) is 3. The van der Waals surface area contributed by atoms with Gasteiger partial charge in [-0.3, -0.25) is 9.59 Å². The maximum atomic E-state index is 12.7. The molecule has 0 spiro atoms. The minimum Gasteiger partial charge on any atom is -0.382 e. The second-order valence-corrected chi connectivity index (χ2v) is 8.05. The molecule has 3 aromatic rings. The first kappa shape index (κ1) is 31.5. The van der Waals surface area contributed by atoms with Crippen molar-refractivity contribution in [1.82, 2.24) is 30.2 Å². The highest BCUT2D eigenvalue weighted by Crippen LogP contribution is 2.31. The van der Waals surface area contributed by atoms with Gasteiger partial charge in [0.2, 0.25) is 6.41 Å². The number of carbonyl (C=O) groups excluding carboxylic acids is 2. The topological polar surface area (TPSA) is 139 Å². The minimum absolute atomic E-state index is 0.169. The highest BCUT2D eigenvalue weighted by Gasteiger charge is 2.30. The number of hydrogen-bond acceptors (Lipinski definition) is 7. The molecule has 5 N–H and O–H groups in total. The van der Waals surface area contributed by atoms with Gasteiger partial charge < -0.3 is 21.7 Å². The van der Waals surface area contributed by atoms with Gasteiger partial charge in [-0.25, -0.2) is 14.5 Å². The van der Waals surface area contributed by atoms with Crippen LogP contribution in [0.25, 0.3) is 11.1 Å². The third kappa shape index (κ3) is 8.68. The van der Waals surface area contributed by atoms with Crippen LogP contribution in [0.4, 0.5) is 24.8 Å². The summed E-state index contributed by atoms with van der Waals surface area (Å²) in [6, 6.07) is 2.12. The van der Waals surface area contributed by atoms with Gasteiger partial charge in [0.15, 0.2) is 5.82 Å². The molecule has 1 aliphatic rings. The fraction of sp³-hybridized carbons (Fsp3) is 0.296. The molecule has 3 aromatic heterocycles. The number of nitrogens with zero attached hydrogens (tertiary/aromatic N) is 4. The zero-order chi connectivity index (χ0) is 29.7. The fourth-order valence-electron chi connectivity index (χ4n) is 3.38. The van der Waals surface area contributed by atoms with Crippen LogP contribution in [0.5, 0.6) is 0 Å². The number of carbonyl (C=O) groups is 2. The van der Waals surface area contributed by atoms with Gasteiger partial charge in [-0.1, -0.05) is 32.1 Å². The quantitative estimate of drug-likeness (QED) is 0.234. The van der Waals surface area contributed by atoms with Gasteiger partial charge in [-0.2, -0.15) is 18.3 Å². The Kier molecular flexibility index (Phi) is 11.9. The van der Waals surface area contributed by atoms with Crippen molar-refractivity contribution < 1.29 is 22.8 Å². The van der Waals surface area contributed by atoms with E-state index in [4.69, 9.17) is 5.73 Å². The molecule has 1 fully saturated rings. The first-order valence-corrected chi connectivity index (χ1v) is 12.5. The van der Waals surface area contributed by atoms with Crippen molar-refractivity contribution in [3.05, 3.63) is 78.0 Å². The van der Waals surface area contributed by atoms with Crippen molar-refractivity contribution >= 4 is 35.0 Å². The number of amides is 2. The molecule has 0 saturated heterocycles. The molecule has 0 aromatic carbocycles. The average molecular weight is 559 g/mol. The zero-order valence-corrected chi connectivity index (χ0v) is 22.7. The number of pyridine rings is 1. The van der Waals surface area contributed by atoms with Crippen LogP contribution >= 0.6 is 0 Å². The van der Waals surface area contributed by atoms with Crippen LogP contribution in [-0.2, 0) is 11.0 Å². The number of alkyl halides is 3. The summed E-state index contributed by atoms with van der Waals surface area (Å²) in [5, 5.41) is 12.1. The lowest BCUT2D eigenvalue weighted by Crippen LogP contribution is -2.25. The second kappa shape index (κ2) is 15.0. The molecular formula is C27H33F3N8O2. The van der Waals surface area contributed by atoms with E-state index in [1.807, 2.05) is 32.9 Å². The number of allylic oxidation sites excluding steroid dienone is 5. The van der Waals surface area contributed by atoms with Crippen molar-refractivity contribution in [3.63, 3.8) is 0 Å². The Hall–Kier alpha value is -4.68. The Morgan fingerprint density at radius 1 is 1.23 bits per heavy atom. The SMILES string of the molecule is CC.CNc1cc(C(F)(F)F)ccn1.C\C=C/C(=C\C=C\NC=O)c1c(C(=O)NC2CC2)cn2ncnc(N)c12. The lowest BCUT2D eigenvalue weighted by Gasteiger charge is -2.07. The molecule has 0 aliphatic heterocycles. The van der Waals surface area contributed by atoms with Gasteiger partial charge in [-0.15, -0.1) is 0 Å². The van der Waals surface area contributed by atoms with Crippen LogP contribution in [0.2, 0.25) is 0 Å². The van der Waals surface area contributed by atoms with E-state index in [2.05, 4.69) is 31.0 Å². The summed E-state index contributed by atoms with van der Waals surface area (Å²) in [6.45, 7) is 5.88. The third-order valence-corrected chi connectivity index (χ3v) is 5.27. The molecule has 0 radical (unpaired) electrons. The Bertz CT molecular complexity index is 1380. The molecule has 0 atom stereocenters. The molecule has 40 heavy (non-hydrogen) atoms. The van der Waals surface area contributed by atoms with Gasteiger partial charge >= 0.3 is 6.18 Å². The van der Waals surface area contributed by atoms with Crippen molar-refractivity contribution in [2.75, 3.05) is 18.1 Å². The summed E-state index contributed by atoms with van der Waals surface area (Å²) in [5.74, 6) is 0.327. The highest BCUT2D eigenvalue weighted by molar-refractivity contribution is 6.05. The summed E-state index contributed by atoms with van der Waals surface area (Å²) in [5.41, 5.74) is 7.81. The number of hydrogen-bond donors (Lipinski definition) is 4. The van der Waals surface area contributed by atoms with Gasteiger partial charge in [0.25, 0.3) is 5.91 Å². The fourth-order valence-corrected chi connectivity index (χ4v) is 3.38.